The smallest absolute Gasteiger partial charge is 0.118 e. The lowest BCUT2D eigenvalue weighted by atomic mass is 10.1. The summed E-state index contributed by atoms with van der Waals surface area (Å²) in [6.07, 6.45) is 3.58. The maximum atomic E-state index is 5.15. The summed E-state index contributed by atoms with van der Waals surface area (Å²) in [5.41, 5.74) is 2.20. The Balaban J connectivity index is 2.09. The number of rotatable bonds is 4. The van der Waals surface area contributed by atoms with Crippen molar-refractivity contribution in [2.24, 2.45) is 0 Å². The van der Waals surface area contributed by atoms with Crippen molar-refractivity contribution in [1.29, 1.82) is 0 Å². The lowest BCUT2D eigenvalue weighted by Crippen LogP contribution is -2.06. The first-order chi connectivity index (χ1) is 8.69. The minimum absolute atomic E-state index is 0.215. The molecule has 1 aromatic heterocycles. The molecule has 1 aromatic carbocycles. The van der Waals surface area contributed by atoms with Crippen molar-refractivity contribution in [3.8, 4) is 5.75 Å². The van der Waals surface area contributed by atoms with Crippen molar-refractivity contribution in [2.75, 3.05) is 12.4 Å². The lowest BCUT2D eigenvalue weighted by Gasteiger charge is -2.16. The fourth-order valence-corrected chi connectivity index (χ4v) is 2.08. The number of anilines is 1. The summed E-state index contributed by atoms with van der Waals surface area (Å²) in [6, 6.07) is 10.3. The fourth-order valence-electron chi connectivity index (χ4n) is 1.72. The van der Waals surface area contributed by atoms with Crippen LogP contribution in [0.15, 0.2) is 47.2 Å². The Hall–Kier alpha value is -1.55. The zero-order chi connectivity index (χ0) is 13.0. The maximum absolute atomic E-state index is 5.15. The van der Waals surface area contributed by atoms with E-state index in [0.29, 0.717) is 0 Å². The molecule has 2 aromatic rings. The third-order valence-electron chi connectivity index (χ3n) is 2.70. The Morgan fingerprint density at radius 2 is 1.94 bits per heavy atom. The van der Waals surface area contributed by atoms with E-state index in [0.717, 1.165) is 15.9 Å². The number of ether oxygens (including phenoxy) is 1. The summed E-state index contributed by atoms with van der Waals surface area (Å²) in [5.74, 6) is 0.870. The van der Waals surface area contributed by atoms with Crippen LogP contribution in [0.3, 0.4) is 0 Å². The minimum atomic E-state index is 0.215. The van der Waals surface area contributed by atoms with Gasteiger partial charge in [-0.1, -0.05) is 12.1 Å². The Bertz CT molecular complexity index is 513. The van der Waals surface area contributed by atoms with Crippen LogP contribution in [0.5, 0.6) is 5.75 Å². The molecular formula is C14H15BrN2O. The Morgan fingerprint density at radius 1 is 1.22 bits per heavy atom. The number of aromatic nitrogens is 1. The summed E-state index contributed by atoms with van der Waals surface area (Å²) >= 11 is 3.41. The van der Waals surface area contributed by atoms with Gasteiger partial charge in [0.25, 0.3) is 0 Å². The van der Waals surface area contributed by atoms with E-state index in [2.05, 4.69) is 45.3 Å². The van der Waals surface area contributed by atoms with E-state index in [9.17, 15) is 0 Å². The predicted molar refractivity (Wildman–Crippen MR) is 77.0 cm³/mol. The molecule has 1 N–H and O–H groups in total. The van der Waals surface area contributed by atoms with Crippen LogP contribution in [0.1, 0.15) is 18.5 Å². The first kappa shape index (κ1) is 12.9. The second-order valence-corrected chi connectivity index (χ2v) is 4.95. The minimum Gasteiger partial charge on any atom is -0.497 e. The van der Waals surface area contributed by atoms with Gasteiger partial charge in [0.05, 0.1) is 19.0 Å². The molecule has 0 spiro atoms. The van der Waals surface area contributed by atoms with E-state index in [-0.39, 0.29) is 6.04 Å². The average Bonchev–Trinajstić information content (AvgIpc) is 2.39. The second kappa shape index (κ2) is 5.87. The lowest BCUT2D eigenvalue weighted by molar-refractivity contribution is 0.414. The highest BCUT2D eigenvalue weighted by atomic mass is 79.9. The standard InChI is InChI=1S/C14H15BrN2O/c1-10(11-3-5-14(18-2)6-4-11)17-13-7-12(15)8-16-9-13/h3-10,17H,1-2H3. The fraction of sp³-hybridized carbons (Fsp3) is 0.214. The number of nitrogens with one attached hydrogen (secondary N) is 1. The van der Waals surface area contributed by atoms with Crippen LogP contribution in [0.2, 0.25) is 0 Å². The number of pyridine rings is 1. The van der Waals surface area contributed by atoms with Gasteiger partial charge in [-0.2, -0.15) is 0 Å². The number of methoxy groups -OCH3 is 1. The van der Waals surface area contributed by atoms with Gasteiger partial charge < -0.3 is 10.1 Å². The zero-order valence-corrected chi connectivity index (χ0v) is 11.9. The van der Waals surface area contributed by atoms with Gasteiger partial charge in [0.1, 0.15) is 5.75 Å². The number of hydrogen-bond donors (Lipinski definition) is 1. The molecule has 0 radical (unpaired) electrons. The Labute approximate surface area is 115 Å². The molecular weight excluding hydrogens is 292 g/mol. The summed E-state index contributed by atoms with van der Waals surface area (Å²) in [6.45, 7) is 2.11. The molecule has 0 saturated heterocycles. The highest BCUT2D eigenvalue weighted by Gasteiger charge is 2.05. The molecule has 1 unspecified atom stereocenters. The number of halogens is 1. The first-order valence-corrected chi connectivity index (χ1v) is 6.49. The Kier molecular flexibility index (Phi) is 4.20. The molecule has 0 aliphatic carbocycles. The molecule has 94 valence electrons. The van der Waals surface area contributed by atoms with Crippen molar-refractivity contribution in [3.05, 3.63) is 52.8 Å². The van der Waals surface area contributed by atoms with Crippen LogP contribution in [-0.4, -0.2) is 12.1 Å². The van der Waals surface area contributed by atoms with Crippen LogP contribution in [-0.2, 0) is 0 Å². The molecule has 0 bridgehead atoms. The van der Waals surface area contributed by atoms with Gasteiger partial charge in [0.15, 0.2) is 0 Å². The van der Waals surface area contributed by atoms with E-state index < -0.39 is 0 Å². The normalized spacial score (nSPS) is 11.9. The first-order valence-electron chi connectivity index (χ1n) is 5.70. The van der Waals surface area contributed by atoms with E-state index in [4.69, 9.17) is 4.74 Å². The molecule has 4 heteroatoms. The van der Waals surface area contributed by atoms with Crippen LogP contribution < -0.4 is 10.1 Å². The van der Waals surface area contributed by atoms with Crippen molar-refractivity contribution >= 4 is 21.6 Å². The molecule has 1 atom stereocenters. The Morgan fingerprint density at radius 3 is 2.56 bits per heavy atom. The van der Waals surface area contributed by atoms with Crippen LogP contribution in [0.4, 0.5) is 5.69 Å². The number of hydrogen-bond acceptors (Lipinski definition) is 3. The monoisotopic (exact) mass is 306 g/mol. The van der Waals surface area contributed by atoms with Crippen LogP contribution >= 0.6 is 15.9 Å². The van der Waals surface area contributed by atoms with Gasteiger partial charge in [-0.05, 0) is 46.6 Å². The molecule has 0 saturated carbocycles. The maximum Gasteiger partial charge on any atom is 0.118 e. The number of nitrogens with zero attached hydrogens (tertiary/aromatic N) is 1. The van der Waals surface area contributed by atoms with E-state index in [1.807, 2.05) is 24.4 Å². The predicted octanol–water partition coefficient (Wildman–Crippen LogP) is 4.03. The average molecular weight is 307 g/mol. The van der Waals surface area contributed by atoms with E-state index >= 15 is 0 Å². The summed E-state index contributed by atoms with van der Waals surface area (Å²) < 4.78 is 6.11. The van der Waals surface area contributed by atoms with Gasteiger partial charge in [0, 0.05) is 16.7 Å². The van der Waals surface area contributed by atoms with Gasteiger partial charge >= 0.3 is 0 Å². The molecule has 0 aliphatic rings. The van der Waals surface area contributed by atoms with Crippen LogP contribution in [0, 0.1) is 0 Å². The van der Waals surface area contributed by atoms with E-state index in [1.165, 1.54) is 5.56 Å². The van der Waals surface area contributed by atoms with Crippen molar-refractivity contribution in [3.63, 3.8) is 0 Å². The summed E-state index contributed by atoms with van der Waals surface area (Å²) in [7, 11) is 1.67. The molecule has 0 aliphatic heterocycles. The second-order valence-electron chi connectivity index (χ2n) is 4.03. The van der Waals surface area contributed by atoms with E-state index in [1.54, 1.807) is 13.3 Å². The van der Waals surface area contributed by atoms with Gasteiger partial charge in [-0.15, -0.1) is 0 Å². The summed E-state index contributed by atoms with van der Waals surface area (Å²) in [4.78, 5) is 4.13. The quantitative estimate of drug-likeness (QED) is 0.926. The SMILES string of the molecule is COc1ccc(C(C)Nc2cncc(Br)c2)cc1. The molecule has 0 amide bonds. The molecule has 1 heterocycles. The van der Waals surface area contributed by atoms with Crippen molar-refractivity contribution in [1.82, 2.24) is 4.98 Å². The zero-order valence-electron chi connectivity index (χ0n) is 10.4. The van der Waals surface area contributed by atoms with Gasteiger partial charge in [-0.3, -0.25) is 4.98 Å². The highest BCUT2D eigenvalue weighted by molar-refractivity contribution is 9.10. The largest absolute Gasteiger partial charge is 0.497 e. The number of benzene rings is 1. The summed E-state index contributed by atoms with van der Waals surface area (Å²) in [5, 5.41) is 3.40. The molecule has 3 nitrogen and oxygen atoms in total. The molecule has 2 rings (SSSR count). The van der Waals surface area contributed by atoms with Crippen LogP contribution in [0.25, 0.3) is 0 Å². The van der Waals surface area contributed by atoms with Crippen molar-refractivity contribution in [2.45, 2.75) is 13.0 Å². The topological polar surface area (TPSA) is 34.1 Å². The molecule has 0 fully saturated rings. The van der Waals surface area contributed by atoms with Gasteiger partial charge in [0.2, 0.25) is 0 Å². The third kappa shape index (κ3) is 3.23. The van der Waals surface area contributed by atoms with Gasteiger partial charge in [-0.25, -0.2) is 0 Å². The molecule has 18 heavy (non-hydrogen) atoms. The highest BCUT2D eigenvalue weighted by Crippen LogP contribution is 2.22. The third-order valence-corrected chi connectivity index (χ3v) is 3.14. The van der Waals surface area contributed by atoms with Crippen molar-refractivity contribution < 1.29 is 4.74 Å².